The zero-order valence-electron chi connectivity index (χ0n) is 9.69. The summed E-state index contributed by atoms with van der Waals surface area (Å²) >= 11 is 0. The van der Waals surface area contributed by atoms with Gasteiger partial charge in [0, 0.05) is 25.6 Å². The van der Waals surface area contributed by atoms with Gasteiger partial charge in [-0.25, -0.2) is 0 Å². The van der Waals surface area contributed by atoms with Crippen molar-refractivity contribution in [3.63, 3.8) is 0 Å². The summed E-state index contributed by atoms with van der Waals surface area (Å²) in [7, 11) is 1.65. The van der Waals surface area contributed by atoms with Crippen molar-refractivity contribution < 1.29 is 9.53 Å². The number of aromatic amines is 1. The third kappa shape index (κ3) is 2.62. The maximum absolute atomic E-state index is 11.9. The summed E-state index contributed by atoms with van der Waals surface area (Å²) < 4.78 is 4.92. The molecule has 0 aliphatic rings. The van der Waals surface area contributed by atoms with Gasteiger partial charge < -0.3 is 10.1 Å². The van der Waals surface area contributed by atoms with Crippen molar-refractivity contribution in [3.8, 4) is 0 Å². The van der Waals surface area contributed by atoms with E-state index in [0.29, 0.717) is 18.7 Å². The second-order valence-corrected chi connectivity index (χ2v) is 3.74. The lowest BCUT2D eigenvalue weighted by atomic mass is 10.1. The summed E-state index contributed by atoms with van der Waals surface area (Å²) in [6, 6.07) is 5.55. The molecular weight excluding hydrogens is 218 g/mol. The number of fused-ring (bicyclic) bond motifs is 1. The standard InChI is InChI=1S/C12H15N3O2/c1-17-7-3-6-13-12(16)10-5-2-4-9-8-14-15-11(9)10/h2,4-5,8H,3,6-7H2,1H3,(H,13,16)(H,14,15). The highest BCUT2D eigenvalue weighted by atomic mass is 16.5. The lowest BCUT2D eigenvalue weighted by Crippen LogP contribution is -2.25. The minimum Gasteiger partial charge on any atom is -0.385 e. The number of hydrogen-bond donors (Lipinski definition) is 2. The number of hydrogen-bond acceptors (Lipinski definition) is 3. The number of amides is 1. The average Bonchev–Trinajstić information content (AvgIpc) is 2.82. The van der Waals surface area contributed by atoms with Crippen LogP contribution in [0.3, 0.4) is 0 Å². The Bertz CT molecular complexity index is 507. The van der Waals surface area contributed by atoms with E-state index in [1.165, 1.54) is 0 Å². The zero-order valence-corrected chi connectivity index (χ0v) is 9.69. The summed E-state index contributed by atoms with van der Waals surface area (Å²) in [5, 5.41) is 10.6. The maximum Gasteiger partial charge on any atom is 0.253 e. The minimum absolute atomic E-state index is 0.0871. The van der Waals surface area contributed by atoms with Crippen molar-refractivity contribution in [2.24, 2.45) is 0 Å². The van der Waals surface area contributed by atoms with Crippen molar-refractivity contribution in [2.75, 3.05) is 20.3 Å². The van der Waals surface area contributed by atoms with E-state index in [2.05, 4.69) is 15.5 Å². The molecule has 0 spiro atoms. The van der Waals surface area contributed by atoms with E-state index in [9.17, 15) is 4.79 Å². The number of nitrogens with one attached hydrogen (secondary N) is 2. The fourth-order valence-electron chi connectivity index (χ4n) is 1.67. The molecule has 1 amide bonds. The monoisotopic (exact) mass is 233 g/mol. The van der Waals surface area contributed by atoms with Crippen LogP contribution in [-0.4, -0.2) is 36.4 Å². The minimum atomic E-state index is -0.0871. The quantitative estimate of drug-likeness (QED) is 0.765. The van der Waals surface area contributed by atoms with E-state index >= 15 is 0 Å². The summed E-state index contributed by atoms with van der Waals surface area (Å²) in [5.41, 5.74) is 1.40. The lowest BCUT2D eigenvalue weighted by Gasteiger charge is -2.05. The highest BCUT2D eigenvalue weighted by molar-refractivity contribution is 6.05. The van der Waals surface area contributed by atoms with Crippen molar-refractivity contribution in [1.29, 1.82) is 0 Å². The van der Waals surface area contributed by atoms with E-state index in [-0.39, 0.29) is 5.91 Å². The van der Waals surface area contributed by atoms with Gasteiger partial charge in [0.15, 0.2) is 0 Å². The Morgan fingerprint density at radius 2 is 2.41 bits per heavy atom. The predicted molar refractivity (Wildman–Crippen MR) is 64.9 cm³/mol. The van der Waals surface area contributed by atoms with E-state index in [1.54, 1.807) is 19.4 Å². The maximum atomic E-state index is 11.9. The molecule has 5 nitrogen and oxygen atoms in total. The number of benzene rings is 1. The molecule has 0 saturated heterocycles. The summed E-state index contributed by atoms with van der Waals surface area (Å²) in [6.45, 7) is 1.26. The largest absolute Gasteiger partial charge is 0.385 e. The van der Waals surface area contributed by atoms with Crippen LogP contribution in [0, 0.1) is 0 Å². The number of nitrogens with zero attached hydrogens (tertiary/aromatic N) is 1. The molecule has 2 N–H and O–H groups in total. The van der Waals surface area contributed by atoms with Gasteiger partial charge in [-0.05, 0) is 12.5 Å². The molecule has 90 valence electrons. The molecule has 2 rings (SSSR count). The summed E-state index contributed by atoms with van der Waals surface area (Å²) in [5.74, 6) is -0.0871. The first-order valence-electron chi connectivity index (χ1n) is 5.52. The average molecular weight is 233 g/mol. The van der Waals surface area contributed by atoms with Gasteiger partial charge in [-0.15, -0.1) is 0 Å². The van der Waals surface area contributed by atoms with Crippen LogP contribution >= 0.6 is 0 Å². The first-order chi connectivity index (χ1) is 8.33. The van der Waals surface area contributed by atoms with Crippen LogP contribution in [0.2, 0.25) is 0 Å². The van der Waals surface area contributed by atoms with E-state index in [0.717, 1.165) is 17.3 Å². The molecule has 0 saturated carbocycles. The topological polar surface area (TPSA) is 67.0 Å². The number of methoxy groups -OCH3 is 1. The fraction of sp³-hybridized carbons (Fsp3) is 0.333. The van der Waals surface area contributed by atoms with Crippen LogP contribution in [0.15, 0.2) is 24.4 Å². The van der Waals surface area contributed by atoms with Gasteiger partial charge in [-0.3, -0.25) is 9.89 Å². The Balaban J connectivity index is 2.06. The van der Waals surface area contributed by atoms with Crippen molar-refractivity contribution >= 4 is 16.8 Å². The molecule has 0 bridgehead atoms. The van der Waals surface area contributed by atoms with Crippen LogP contribution in [0.1, 0.15) is 16.8 Å². The zero-order chi connectivity index (χ0) is 12.1. The van der Waals surface area contributed by atoms with Crippen molar-refractivity contribution in [2.45, 2.75) is 6.42 Å². The third-order valence-electron chi connectivity index (χ3n) is 2.53. The number of H-pyrrole nitrogens is 1. The first-order valence-corrected chi connectivity index (χ1v) is 5.52. The Hall–Kier alpha value is -1.88. The normalized spacial score (nSPS) is 10.6. The molecule has 1 aromatic carbocycles. The number of carbonyl (C=O) groups is 1. The molecule has 1 heterocycles. The Morgan fingerprint density at radius 3 is 3.24 bits per heavy atom. The number of carbonyl (C=O) groups excluding carboxylic acids is 1. The fourth-order valence-corrected chi connectivity index (χ4v) is 1.67. The Morgan fingerprint density at radius 1 is 1.53 bits per heavy atom. The molecule has 0 fully saturated rings. The van der Waals surface area contributed by atoms with E-state index in [1.807, 2.05) is 12.1 Å². The molecular formula is C12H15N3O2. The van der Waals surface area contributed by atoms with Gasteiger partial charge in [-0.1, -0.05) is 12.1 Å². The van der Waals surface area contributed by atoms with Gasteiger partial charge in [-0.2, -0.15) is 5.10 Å². The molecule has 5 heteroatoms. The third-order valence-corrected chi connectivity index (χ3v) is 2.53. The van der Waals surface area contributed by atoms with Gasteiger partial charge >= 0.3 is 0 Å². The molecule has 17 heavy (non-hydrogen) atoms. The molecule has 1 aromatic heterocycles. The van der Waals surface area contributed by atoms with E-state index in [4.69, 9.17) is 4.74 Å². The second kappa shape index (κ2) is 5.45. The number of rotatable bonds is 5. The number of para-hydroxylation sites is 1. The van der Waals surface area contributed by atoms with Crippen LogP contribution in [0.25, 0.3) is 10.9 Å². The molecule has 0 atom stereocenters. The van der Waals surface area contributed by atoms with Crippen molar-refractivity contribution in [1.82, 2.24) is 15.5 Å². The molecule has 0 radical (unpaired) electrons. The predicted octanol–water partition coefficient (Wildman–Crippen LogP) is 1.33. The highest BCUT2D eigenvalue weighted by Crippen LogP contribution is 2.15. The molecule has 2 aromatic rings. The van der Waals surface area contributed by atoms with Gasteiger partial charge in [0.1, 0.15) is 0 Å². The van der Waals surface area contributed by atoms with E-state index < -0.39 is 0 Å². The molecule has 0 unspecified atom stereocenters. The van der Waals surface area contributed by atoms with Crippen LogP contribution in [0.4, 0.5) is 0 Å². The number of aromatic nitrogens is 2. The number of ether oxygens (including phenoxy) is 1. The lowest BCUT2D eigenvalue weighted by molar-refractivity contribution is 0.0950. The summed E-state index contributed by atoms with van der Waals surface area (Å²) in [4.78, 5) is 11.9. The molecule has 0 aliphatic heterocycles. The smallest absolute Gasteiger partial charge is 0.253 e. The summed E-state index contributed by atoms with van der Waals surface area (Å²) in [6.07, 6.45) is 2.51. The first kappa shape index (κ1) is 11.6. The van der Waals surface area contributed by atoms with Crippen molar-refractivity contribution in [3.05, 3.63) is 30.0 Å². The van der Waals surface area contributed by atoms with Gasteiger partial charge in [0.2, 0.25) is 0 Å². The SMILES string of the molecule is COCCCNC(=O)c1cccc2cn[nH]c12. The molecule has 0 aliphatic carbocycles. The Kier molecular flexibility index (Phi) is 3.72. The van der Waals surface area contributed by atoms with Gasteiger partial charge in [0.05, 0.1) is 17.3 Å². The highest BCUT2D eigenvalue weighted by Gasteiger charge is 2.10. The van der Waals surface area contributed by atoms with Crippen LogP contribution in [-0.2, 0) is 4.74 Å². The second-order valence-electron chi connectivity index (χ2n) is 3.74. The van der Waals surface area contributed by atoms with Gasteiger partial charge in [0.25, 0.3) is 5.91 Å². The van der Waals surface area contributed by atoms with Crippen LogP contribution < -0.4 is 5.32 Å². The Labute approximate surface area is 99.2 Å². The van der Waals surface area contributed by atoms with Crippen LogP contribution in [0.5, 0.6) is 0 Å².